The molecule has 4 aliphatic rings. The number of hydrogen-bond acceptors (Lipinski definition) is 7. The van der Waals surface area contributed by atoms with E-state index in [2.05, 4.69) is 45.3 Å². The average Bonchev–Trinajstić information content (AvgIpc) is 3.02. The number of nitrogens with zero attached hydrogens (tertiary/aromatic N) is 4. The quantitative estimate of drug-likeness (QED) is 0.288. The van der Waals surface area contributed by atoms with E-state index in [9.17, 15) is 5.26 Å². The molecule has 7 heteroatoms. The van der Waals surface area contributed by atoms with Gasteiger partial charge in [0.05, 0.1) is 23.4 Å². The highest BCUT2D eigenvalue weighted by Crippen LogP contribution is 2.31. The number of rotatable bonds is 9. The van der Waals surface area contributed by atoms with E-state index in [0.29, 0.717) is 5.92 Å². The van der Waals surface area contributed by atoms with Crippen molar-refractivity contribution in [3.63, 3.8) is 0 Å². The third kappa shape index (κ3) is 6.75. The number of aryl methyl sites for hydroxylation is 1. The van der Waals surface area contributed by atoms with Crippen LogP contribution in [-0.2, 0) is 20.7 Å². The van der Waals surface area contributed by atoms with Gasteiger partial charge in [-0.15, -0.1) is 0 Å². The molecule has 1 saturated heterocycles. The Labute approximate surface area is 232 Å². The fourth-order valence-electron chi connectivity index (χ4n) is 6.21. The maximum atomic E-state index is 9.63. The molecule has 2 aliphatic carbocycles. The number of nitriles is 1. The molecular formula is C32H40N4O3. The van der Waals surface area contributed by atoms with Gasteiger partial charge in [0.2, 0.25) is 5.88 Å². The van der Waals surface area contributed by atoms with Crippen LogP contribution in [0.4, 0.5) is 0 Å². The van der Waals surface area contributed by atoms with E-state index >= 15 is 0 Å². The number of benzene rings is 1. The first kappa shape index (κ1) is 27.1. The molecule has 0 spiro atoms. The van der Waals surface area contributed by atoms with Crippen LogP contribution in [0.2, 0.25) is 0 Å². The Morgan fingerprint density at radius 2 is 1.92 bits per heavy atom. The predicted molar refractivity (Wildman–Crippen MR) is 152 cm³/mol. The number of piperazine rings is 1. The van der Waals surface area contributed by atoms with Gasteiger partial charge < -0.3 is 19.2 Å². The average molecular weight is 529 g/mol. The highest BCUT2D eigenvalue weighted by atomic mass is 16.6. The molecule has 5 rings (SSSR count). The van der Waals surface area contributed by atoms with Crippen LogP contribution in [0.1, 0.15) is 62.5 Å². The van der Waals surface area contributed by atoms with E-state index in [1.807, 2.05) is 18.2 Å². The van der Waals surface area contributed by atoms with Gasteiger partial charge in [-0.1, -0.05) is 60.8 Å². The molecule has 1 aromatic carbocycles. The monoisotopic (exact) mass is 528 g/mol. The molecule has 0 bridgehead atoms. The summed E-state index contributed by atoms with van der Waals surface area (Å²) in [4.78, 5) is 10.3. The molecule has 2 heterocycles. The van der Waals surface area contributed by atoms with Crippen molar-refractivity contribution in [3.8, 4) is 6.07 Å². The third-order valence-corrected chi connectivity index (χ3v) is 8.36. The van der Waals surface area contributed by atoms with Gasteiger partial charge in [-0.2, -0.15) is 5.26 Å². The van der Waals surface area contributed by atoms with E-state index in [1.54, 1.807) is 19.6 Å². The van der Waals surface area contributed by atoms with E-state index in [1.165, 1.54) is 43.4 Å². The molecule has 39 heavy (non-hydrogen) atoms. The first-order chi connectivity index (χ1) is 19.3. The van der Waals surface area contributed by atoms with Gasteiger partial charge in [0, 0.05) is 32.1 Å². The minimum Gasteiger partial charge on any atom is -0.456 e. The lowest BCUT2D eigenvalue weighted by Crippen LogP contribution is -2.54. The fraction of sp³-hybridized carbons (Fsp3) is 0.500. The molecule has 0 N–H and O–H groups in total. The maximum absolute atomic E-state index is 9.63. The molecule has 2 fully saturated rings. The molecule has 0 aromatic heterocycles. The van der Waals surface area contributed by atoms with E-state index in [4.69, 9.17) is 14.3 Å². The standard InChI is InChI=1S/C32H40N4O3/c1-37-34-32(27-13-6-3-7-14-27)29(17-16-25-10-8-9-15-28(25)22-33)35-18-20-36(21-19-35)31-24-38-30(23-39-31)26-11-4-2-5-12-26/h2,4,8-11,15,23-24,27,29H,3,5-7,12-14,16-21H2,1H3. The first-order valence-electron chi connectivity index (χ1n) is 14.4. The second-order valence-electron chi connectivity index (χ2n) is 10.7. The zero-order valence-electron chi connectivity index (χ0n) is 23.1. The number of hydrogen-bond donors (Lipinski definition) is 0. The lowest BCUT2D eigenvalue weighted by Gasteiger charge is -2.42. The smallest absolute Gasteiger partial charge is 0.231 e. The van der Waals surface area contributed by atoms with Gasteiger partial charge in [-0.3, -0.25) is 4.90 Å². The van der Waals surface area contributed by atoms with Crippen molar-refractivity contribution in [3.05, 3.63) is 83.4 Å². The summed E-state index contributed by atoms with van der Waals surface area (Å²) in [5.41, 5.74) is 4.22. The molecule has 0 amide bonds. The van der Waals surface area contributed by atoms with Gasteiger partial charge in [-0.05, 0) is 55.7 Å². The predicted octanol–water partition coefficient (Wildman–Crippen LogP) is 6.02. The normalized spacial score (nSPS) is 21.6. The topological polar surface area (TPSA) is 70.3 Å². The minimum absolute atomic E-state index is 0.178. The highest BCUT2D eigenvalue weighted by molar-refractivity contribution is 5.91. The van der Waals surface area contributed by atoms with Crippen molar-refractivity contribution in [2.75, 3.05) is 33.3 Å². The zero-order valence-corrected chi connectivity index (χ0v) is 23.1. The Hall–Kier alpha value is -3.50. The molecule has 206 valence electrons. The lowest BCUT2D eigenvalue weighted by molar-refractivity contribution is 0.0734. The van der Waals surface area contributed by atoms with Crippen LogP contribution in [0, 0.1) is 17.2 Å². The summed E-state index contributed by atoms with van der Waals surface area (Å²) < 4.78 is 12.0. The van der Waals surface area contributed by atoms with Crippen LogP contribution in [0.3, 0.4) is 0 Å². The summed E-state index contributed by atoms with van der Waals surface area (Å²) in [7, 11) is 1.66. The van der Waals surface area contributed by atoms with Crippen LogP contribution >= 0.6 is 0 Å². The highest BCUT2D eigenvalue weighted by Gasteiger charge is 2.34. The second-order valence-corrected chi connectivity index (χ2v) is 10.7. The summed E-state index contributed by atoms with van der Waals surface area (Å²) in [5, 5.41) is 14.3. The Morgan fingerprint density at radius 1 is 1.10 bits per heavy atom. The van der Waals surface area contributed by atoms with Gasteiger partial charge in [-0.25, -0.2) is 0 Å². The van der Waals surface area contributed by atoms with Crippen LogP contribution in [0.15, 0.2) is 77.4 Å². The lowest BCUT2D eigenvalue weighted by atomic mass is 9.81. The Balaban J connectivity index is 1.26. The van der Waals surface area contributed by atoms with E-state index in [0.717, 1.165) is 74.6 Å². The van der Waals surface area contributed by atoms with Crippen molar-refractivity contribution >= 4 is 5.71 Å². The molecule has 1 unspecified atom stereocenters. The SMILES string of the molecule is CON=C(C1CCCCC1)C(CCc1ccccc1C#N)N1CCN(C2=COC(C3=CC=CCC3)=CO2)CC1. The van der Waals surface area contributed by atoms with Crippen molar-refractivity contribution in [2.24, 2.45) is 11.1 Å². The molecule has 1 atom stereocenters. The van der Waals surface area contributed by atoms with Crippen LogP contribution in [-0.4, -0.2) is 54.8 Å². The fourth-order valence-corrected chi connectivity index (χ4v) is 6.21. The van der Waals surface area contributed by atoms with Crippen molar-refractivity contribution in [2.45, 2.75) is 63.8 Å². The number of oxime groups is 1. The third-order valence-electron chi connectivity index (χ3n) is 8.36. The summed E-state index contributed by atoms with van der Waals surface area (Å²) in [5.74, 6) is 2.02. The molecular weight excluding hydrogens is 488 g/mol. The minimum atomic E-state index is 0.178. The summed E-state index contributed by atoms with van der Waals surface area (Å²) in [6, 6.07) is 10.5. The van der Waals surface area contributed by atoms with Crippen molar-refractivity contribution < 1.29 is 14.3 Å². The van der Waals surface area contributed by atoms with Crippen LogP contribution < -0.4 is 0 Å². The molecule has 7 nitrogen and oxygen atoms in total. The number of ether oxygens (including phenoxy) is 2. The van der Waals surface area contributed by atoms with Crippen LogP contribution in [0.25, 0.3) is 0 Å². The molecule has 1 aromatic rings. The number of allylic oxidation sites excluding steroid dienone is 4. The maximum Gasteiger partial charge on any atom is 0.231 e. The summed E-state index contributed by atoms with van der Waals surface area (Å²) in [6.45, 7) is 3.49. The first-order valence-corrected chi connectivity index (χ1v) is 14.4. The Kier molecular flexibility index (Phi) is 9.39. The largest absolute Gasteiger partial charge is 0.456 e. The van der Waals surface area contributed by atoms with E-state index in [-0.39, 0.29) is 6.04 Å². The van der Waals surface area contributed by atoms with E-state index < -0.39 is 0 Å². The summed E-state index contributed by atoms with van der Waals surface area (Å²) >= 11 is 0. The van der Waals surface area contributed by atoms with Gasteiger partial charge >= 0.3 is 0 Å². The Bertz CT molecular complexity index is 1180. The second kappa shape index (κ2) is 13.5. The van der Waals surface area contributed by atoms with Crippen molar-refractivity contribution in [1.82, 2.24) is 9.80 Å². The van der Waals surface area contributed by atoms with Gasteiger partial charge in [0.25, 0.3) is 0 Å². The summed E-state index contributed by atoms with van der Waals surface area (Å²) in [6.07, 6.45) is 19.7. The van der Waals surface area contributed by atoms with Gasteiger partial charge in [0.1, 0.15) is 13.4 Å². The molecule has 1 saturated carbocycles. The van der Waals surface area contributed by atoms with Crippen molar-refractivity contribution in [1.29, 1.82) is 5.26 Å². The van der Waals surface area contributed by atoms with Gasteiger partial charge in [0.15, 0.2) is 12.0 Å². The van der Waals surface area contributed by atoms with Crippen LogP contribution in [0.5, 0.6) is 0 Å². The zero-order chi connectivity index (χ0) is 26.9. The molecule has 2 aliphatic heterocycles. The Morgan fingerprint density at radius 3 is 2.62 bits per heavy atom. The molecule has 0 radical (unpaired) electrons.